The first kappa shape index (κ1) is 11.6. The number of hydrogen-bond donors (Lipinski definition) is 1. The Morgan fingerprint density at radius 1 is 1.60 bits per heavy atom. The van der Waals surface area contributed by atoms with Crippen LogP contribution in [0.5, 0.6) is 5.88 Å². The van der Waals surface area contributed by atoms with Crippen LogP contribution in [0.4, 0.5) is 8.78 Å². The van der Waals surface area contributed by atoms with Crippen LogP contribution in [-0.4, -0.2) is 17.3 Å². The Bertz CT molecular complexity index is 444. The molecule has 0 aliphatic rings. The van der Waals surface area contributed by atoms with E-state index in [1.165, 1.54) is 0 Å². The molecule has 0 aromatic carbocycles. The molecule has 0 fully saturated rings. The summed E-state index contributed by atoms with van der Waals surface area (Å²) >= 11 is 5.11. The second kappa shape index (κ2) is 4.39. The first-order valence-electron chi connectivity index (χ1n) is 3.76. The van der Waals surface area contributed by atoms with E-state index in [0.717, 1.165) is 7.11 Å². The Morgan fingerprint density at radius 3 is 2.60 bits per heavy atom. The summed E-state index contributed by atoms with van der Waals surface area (Å²) < 4.78 is 29.5. The first-order chi connectivity index (χ1) is 6.97. The maximum atomic E-state index is 12.5. The van der Waals surface area contributed by atoms with Gasteiger partial charge in [0.1, 0.15) is 5.56 Å². The zero-order valence-corrected chi connectivity index (χ0v) is 8.27. The molecule has 15 heavy (non-hydrogen) atoms. The molecule has 0 unspecified atom stereocenters. The molecule has 7 heteroatoms. The van der Waals surface area contributed by atoms with Crippen molar-refractivity contribution in [2.24, 2.45) is 0 Å². The molecule has 0 aliphatic carbocycles. The van der Waals surface area contributed by atoms with Crippen LogP contribution in [0.25, 0.3) is 0 Å². The molecule has 0 saturated heterocycles. The highest BCUT2D eigenvalue weighted by Gasteiger charge is 2.23. The van der Waals surface area contributed by atoms with Gasteiger partial charge in [-0.15, -0.1) is 0 Å². The van der Waals surface area contributed by atoms with Crippen molar-refractivity contribution in [3.8, 4) is 5.88 Å². The van der Waals surface area contributed by atoms with Crippen LogP contribution >= 0.6 is 11.6 Å². The van der Waals surface area contributed by atoms with Gasteiger partial charge in [0.15, 0.2) is 0 Å². The van der Waals surface area contributed by atoms with E-state index in [1.807, 2.05) is 0 Å². The van der Waals surface area contributed by atoms with E-state index in [2.05, 4.69) is 9.72 Å². The maximum absolute atomic E-state index is 12.5. The second-order valence-corrected chi connectivity index (χ2v) is 2.91. The molecular formula is C8H6ClF2NO3. The summed E-state index contributed by atoms with van der Waals surface area (Å²) in [5, 5.41) is -1.11. The second-order valence-electron chi connectivity index (χ2n) is 2.57. The molecule has 0 bridgehead atoms. The fourth-order valence-corrected chi connectivity index (χ4v) is 1.28. The van der Waals surface area contributed by atoms with E-state index in [4.69, 9.17) is 11.6 Å². The van der Waals surface area contributed by atoms with Gasteiger partial charge in [0, 0.05) is 11.6 Å². The lowest BCUT2D eigenvalue weighted by Crippen LogP contribution is -2.13. The molecule has 4 nitrogen and oxygen atoms in total. The third-order valence-corrected chi connectivity index (χ3v) is 1.86. The minimum atomic E-state index is -2.97. The Kier molecular flexibility index (Phi) is 3.41. The largest absolute Gasteiger partial charge is 0.482 e. The number of carbonyl (C=O) groups excluding carboxylic acids is 1. The quantitative estimate of drug-likeness (QED) is 0.814. The number of aromatic amines is 1. The van der Waals surface area contributed by atoms with Gasteiger partial charge in [-0.3, -0.25) is 14.6 Å². The molecular weight excluding hydrogens is 232 g/mol. The standard InChI is InChI=1S/C8H6ClF2NO3/c1-15-8-5(6(9)14)3(7(10)11)2-4(13)12-8/h2,7H,1H3,(H,12,13). The number of rotatable bonds is 3. The number of hydrogen-bond acceptors (Lipinski definition) is 3. The van der Waals surface area contributed by atoms with E-state index in [-0.39, 0.29) is 5.88 Å². The van der Waals surface area contributed by atoms with Crippen molar-refractivity contribution in [1.29, 1.82) is 0 Å². The fraction of sp³-hybridized carbons (Fsp3) is 0.250. The number of methoxy groups -OCH3 is 1. The third-order valence-electron chi connectivity index (χ3n) is 1.67. The number of carbonyl (C=O) groups is 1. The Hall–Kier alpha value is -1.43. The van der Waals surface area contributed by atoms with Crippen LogP contribution in [0.15, 0.2) is 10.9 Å². The molecule has 1 N–H and O–H groups in total. The molecule has 0 saturated carbocycles. The van der Waals surface area contributed by atoms with Gasteiger partial charge in [0.05, 0.1) is 7.11 Å². The predicted octanol–water partition coefficient (Wildman–Crippen LogP) is 1.70. The number of H-pyrrole nitrogens is 1. The van der Waals surface area contributed by atoms with Crippen molar-refractivity contribution in [1.82, 2.24) is 4.98 Å². The molecule has 1 rings (SSSR count). The highest BCUT2D eigenvalue weighted by molar-refractivity contribution is 6.68. The summed E-state index contributed by atoms with van der Waals surface area (Å²) in [4.78, 5) is 23.9. The highest BCUT2D eigenvalue weighted by Crippen LogP contribution is 2.27. The summed E-state index contributed by atoms with van der Waals surface area (Å²) in [7, 11) is 1.13. The third kappa shape index (κ3) is 2.33. The number of halogens is 3. The molecule has 1 aromatic rings. The number of nitrogens with one attached hydrogen (secondary N) is 1. The number of alkyl halides is 2. The van der Waals surface area contributed by atoms with Gasteiger partial charge in [-0.05, 0) is 11.6 Å². The first-order valence-corrected chi connectivity index (χ1v) is 4.14. The minimum absolute atomic E-state index is 0.363. The van der Waals surface area contributed by atoms with Crippen molar-refractivity contribution in [2.45, 2.75) is 6.43 Å². The van der Waals surface area contributed by atoms with Gasteiger partial charge >= 0.3 is 0 Å². The van der Waals surface area contributed by atoms with Crippen molar-refractivity contribution in [3.05, 3.63) is 27.5 Å². The molecule has 0 aliphatic heterocycles. The van der Waals surface area contributed by atoms with Crippen molar-refractivity contribution in [3.63, 3.8) is 0 Å². The van der Waals surface area contributed by atoms with Gasteiger partial charge in [0.2, 0.25) is 5.88 Å². The normalized spacial score (nSPS) is 10.5. The van der Waals surface area contributed by atoms with E-state index >= 15 is 0 Å². The smallest absolute Gasteiger partial charge is 0.264 e. The highest BCUT2D eigenvalue weighted by atomic mass is 35.5. The zero-order chi connectivity index (χ0) is 11.6. The Balaban J connectivity index is 3.54. The monoisotopic (exact) mass is 237 g/mol. The lowest BCUT2D eigenvalue weighted by atomic mass is 10.1. The Morgan fingerprint density at radius 2 is 2.20 bits per heavy atom. The zero-order valence-electron chi connectivity index (χ0n) is 7.51. The van der Waals surface area contributed by atoms with Gasteiger partial charge in [-0.2, -0.15) is 0 Å². The van der Waals surface area contributed by atoms with Crippen LogP contribution in [-0.2, 0) is 0 Å². The van der Waals surface area contributed by atoms with Gasteiger partial charge in [-0.1, -0.05) is 0 Å². The average molecular weight is 238 g/mol. The summed E-state index contributed by atoms with van der Waals surface area (Å²) in [6, 6.07) is 0.614. The van der Waals surface area contributed by atoms with Gasteiger partial charge in [0.25, 0.3) is 17.2 Å². The molecule has 1 heterocycles. The van der Waals surface area contributed by atoms with E-state index in [0.29, 0.717) is 6.07 Å². The van der Waals surface area contributed by atoms with Gasteiger partial charge in [-0.25, -0.2) is 8.78 Å². The van der Waals surface area contributed by atoms with Crippen molar-refractivity contribution >= 4 is 16.8 Å². The molecule has 0 atom stereocenters. The maximum Gasteiger partial charge on any atom is 0.264 e. The Labute approximate surface area is 87.8 Å². The number of aromatic nitrogens is 1. The summed E-state index contributed by atoms with van der Waals surface area (Å²) in [5.41, 5.74) is -2.05. The van der Waals surface area contributed by atoms with Crippen molar-refractivity contribution in [2.75, 3.05) is 7.11 Å². The predicted molar refractivity (Wildman–Crippen MR) is 48.8 cm³/mol. The molecule has 0 amide bonds. The SMILES string of the molecule is COc1[nH]c(=O)cc(C(F)F)c1C(=O)Cl. The average Bonchev–Trinajstić information content (AvgIpc) is 2.15. The minimum Gasteiger partial charge on any atom is -0.482 e. The van der Waals surface area contributed by atoms with Crippen LogP contribution in [0.2, 0.25) is 0 Å². The molecule has 82 valence electrons. The van der Waals surface area contributed by atoms with Crippen molar-refractivity contribution < 1.29 is 18.3 Å². The summed E-state index contributed by atoms with van der Waals surface area (Å²) in [6.45, 7) is 0. The fourth-order valence-electron chi connectivity index (χ4n) is 1.08. The van der Waals surface area contributed by atoms with Crippen LogP contribution in [0.1, 0.15) is 22.3 Å². The van der Waals surface area contributed by atoms with Crippen LogP contribution in [0.3, 0.4) is 0 Å². The number of ether oxygens (including phenoxy) is 1. The van der Waals surface area contributed by atoms with Crippen LogP contribution in [0, 0.1) is 0 Å². The molecule has 1 aromatic heterocycles. The van der Waals surface area contributed by atoms with Crippen LogP contribution < -0.4 is 10.3 Å². The summed E-state index contributed by atoms with van der Waals surface area (Å²) in [5.74, 6) is -0.363. The van der Waals surface area contributed by atoms with Gasteiger partial charge < -0.3 is 4.74 Å². The van der Waals surface area contributed by atoms with E-state index < -0.39 is 28.4 Å². The summed E-state index contributed by atoms with van der Waals surface area (Å²) in [6.07, 6.45) is -2.97. The molecule has 0 spiro atoms. The topological polar surface area (TPSA) is 59.2 Å². The van der Waals surface area contributed by atoms with E-state index in [9.17, 15) is 18.4 Å². The number of pyridine rings is 1. The molecule has 0 radical (unpaired) electrons. The van der Waals surface area contributed by atoms with E-state index in [1.54, 1.807) is 0 Å². The lowest BCUT2D eigenvalue weighted by Gasteiger charge is -2.08. The lowest BCUT2D eigenvalue weighted by molar-refractivity contribution is 0.106.